The van der Waals surface area contributed by atoms with Crippen LogP contribution in [-0.2, 0) is 10.3 Å². The van der Waals surface area contributed by atoms with Gasteiger partial charge in [0.05, 0.1) is 0 Å². The van der Waals surface area contributed by atoms with E-state index in [4.69, 9.17) is 10.8 Å². The summed E-state index contributed by atoms with van der Waals surface area (Å²) in [5.74, 6) is -1.06. The summed E-state index contributed by atoms with van der Waals surface area (Å²) in [6, 6.07) is 0. The molecule has 0 radical (unpaired) electrons. The van der Waals surface area contributed by atoms with Crippen molar-refractivity contribution in [3.05, 3.63) is 16.6 Å². The summed E-state index contributed by atoms with van der Waals surface area (Å²) >= 11 is 1.24. The molecule has 0 amide bonds. The highest BCUT2D eigenvalue weighted by Gasteiger charge is 2.32. The summed E-state index contributed by atoms with van der Waals surface area (Å²) in [6.45, 7) is 1.42. The van der Waals surface area contributed by atoms with E-state index in [9.17, 15) is 4.79 Å². The SMILES string of the molecule is C[C@@](N)(C(=O)O)c1nccs1. The Hall–Kier alpha value is -0.940. The Bertz CT molecular complexity index is 256. The highest BCUT2D eigenvalue weighted by atomic mass is 32.1. The third-order valence-corrected chi connectivity index (χ3v) is 2.33. The van der Waals surface area contributed by atoms with E-state index in [1.807, 2.05) is 0 Å². The minimum Gasteiger partial charge on any atom is -0.480 e. The first-order valence-corrected chi connectivity index (χ1v) is 3.85. The molecule has 0 aliphatic carbocycles. The van der Waals surface area contributed by atoms with Crippen molar-refractivity contribution in [3.63, 3.8) is 0 Å². The summed E-state index contributed by atoms with van der Waals surface area (Å²) in [7, 11) is 0. The monoisotopic (exact) mass is 172 g/mol. The largest absolute Gasteiger partial charge is 0.480 e. The second-order valence-electron chi connectivity index (χ2n) is 2.34. The van der Waals surface area contributed by atoms with Crippen LogP contribution in [0, 0.1) is 0 Å². The van der Waals surface area contributed by atoms with Crippen molar-refractivity contribution in [1.82, 2.24) is 4.98 Å². The van der Waals surface area contributed by atoms with Gasteiger partial charge in [0.25, 0.3) is 0 Å². The second-order valence-corrected chi connectivity index (χ2v) is 3.24. The number of hydrogen-bond acceptors (Lipinski definition) is 4. The fraction of sp³-hybridized carbons (Fsp3) is 0.333. The molecule has 3 N–H and O–H groups in total. The maximum Gasteiger partial charge on any atom is 0.330 e. The fourth-order valence-corrected chi connectivity index (χ4v) is 1.28. The van der Waals surface area contributed by atoms with E-state index < -0.39 is 11.5 Å². The number of thiazole rings is 1. The number of rotatable bonds is 2. The standard InChI is InChI=1S/C6H8N2O2S/c1-6(7,5(9)10)4-8-2-3-11-4/h2-3H,7H2,1H3,(H,9,10)/t6-/m0/s1. The first kappa shape index (κ1) is 8.16. The average molecular weight is 172 g/mol. The number of aliphatic carboxylic acids is 1. The summed E-state index contributed by atoms with van der Waals surface area (Å²) < 4.78 is 0. The Balaban J connectivity index is 3.00. The lowest BCUT2D eigenvalue weighted by atomic mass is 10.1. The van der Waals surface area contributed by atoms with Crippen LogP contribution in [0.4, 0.5) is 0 Å². The van der Waals surface area contributed by atoms with Crippen LogP contribution in [0.1, 0.15) is 11.9 Å². The molecule has 60 valence electrons. The predicted octanol–water partition coefficient (Wildman–Crippen LogP) is 0.402. The Morgan fingerprint density at radius 2 is 2.55 bits per heavy atom. The van der Waals surface area contributed by atoms with Gasteiger partial charge >= 0.3 is 5.97 Å². The van der Waals surface area contributed by atoms with Gasteiger partial charge in [0.1, 0.15) is 5.01 Å². The van der Waals surface area contributed by atoms with E-state index in [2.05, 4.69) is 4.98 Å². The molecule has 1 heterocycles. The fourth-order valence-electron chi connectivity index (χ4n) is 0.571. The molecule has 0 aliphatic heterocycles. The Kier molecular flexibility index (Phi) is 1.92. The lowest BCUT2D eigenvalue weighted by Gasteiger charge is -2.14. The first-order chi connectivity index (χ1) is 5.05. The van der Waals surface area contributed by atoms with Gasteiger partial charge in [-0.1, -0.05) is 0 Å². The van der Waals surface area contributed by atoms with Crippen LogP contribution in [0.3, 0.4) is 0 Å². The molecule has 0 saturated carbocycles. The molecule has 0 spiro atoms. The third-order valence-electron chi connectivity index (χ3n) is 1.32. The molecule has 4 nitrogen and oxygen atoms in total. The maximum atomic E-state index is 10.6. The Labute approximate surface area is 67.7 Å². The third kappa shape index (κ3) is 1.38. The van der Waals surface area contributed by atoms with Crippen molar-refractivity contribution in [1.29, 1.82) is 0 Å². The van der Waals surface area contributed by atoms with E-state index in [-0.39, 0.29) is 0 Å². The summed E-state index contributed by atoms with van der Waals surface area (Å²) in [5, 5.41) is 10.8. The van der Waals surface area contributed by atoms with Gasteiger partial charge in [0.2, 0.25) is 0 Å². The van der Waals surface area contributed by atoms with Gasteiger partial charge in [-0.2, -0.15) is 0 Å². The van der Waals surface area contributed by atoms with Gasteiger partial charge < -0.3 is 10.8 Å². The lowest BCUT2D eigenvalue weighted by Crippen LogP contribution is -2.41. The van der Waals surface area contributed by atoms with Crippen LogP contribution < -0.4 is 5.73 Å². The summed E-state index contributed by atoms with van der Waals surface area (Å²) in [4.78, 5) is 14.4. The Morgan fingerprint density at radius 1 is 1.91 bits per heavy atom. The molecule has 0 aliphatic rings. The molecule has 1 rings (SSSR count). The number of carboxylic acids is 1. The van der Waals surface area contributed by atoms with Crippen LogP contribution in [-0.4, -0.2) is 16.1 Å². The second kappa shape index (κ2) is 2.60. The van der Waals surface area contributed by atoms with Gasteiger partial charge in [0.15, 0.2) is 5.54 Å². The molecule has 0 bridgehead atoms. The summed E-state index contributed by atoms with van der Waals surface area (Å²) in [6.07, 6.45) is 1.54. The van der Waals surface area contributed by atoms with E-state index in [0.717, 1.165) is 0 Å². The highest BCUT2D eigenvalue weighted by Crippen LogP contribution is 2.19. The van der Waals surface area contributed by atoms with Crippen molar-refractivity contribution >= 4 is 17.3 Å². The molecule has 11 heavy (non-hydrogen) atoms. The zero-order chi connectivity index (χ0) is 8.48. The average Bonchev–Trinajstić information content (AvgIpc) is 2.37. The van der Waals surface area contributed by atoms with Crippen LogP contribution in [0.5, 0.6) is 0 Å². The normalized spacial score (nSPS) is 15.8. The number of nitrogens with zero attached hydrogens (tertiary/aromatic N) is 1. The molecular formula is C6H8N2O2S. The van der Waals surface area contributed by atoms with Crippen molar-refractivity contribution < 1.29 is 9.90 Å². The van der Waals surface area contributed by atoms with E-state index in [0.29, 0.717) is 5.01 Å². The lowest BCUT2D eigenvalue weighted by molar-refractivity contribution is -0.143. The van der Waals surface area contributed by atoms with Crippen LogP contribution in [0.25, 0.3) is 0 Å². The van der Waals surface area contributed by atoms with Gasteiger partial charge in [0, 0.05) is 11.6 Å². The zero-order valence-electron chi connectivity index (χ0n) is 5.94. The van der Waals surface area contributed by atoms with E-state index >= 15 is 0 Å². The number of carboxylic acid groups (broad SMARTS) is 1. The van der Waals surface area contributed by atoms with Crippen LogP contribution >= 0.6 is 11.3 Å². The first-order valence-electron chi connectivity index (χ1n) is 2.97. The molecule has 1 aromatic rings. The number of hydrogen-bond donors (Lipinski definition) is 2. The molecule has 5 heteroatoms. The van der Waals surface area contributed by atoms with Crippen LogP contribution in [0.2, 0.25) is 0 Å². The minimum atomic E-state index is -1.35. The van der Waals surface area contributed by atoms with Crippen LogP contribution in [0.15, 0.2) is 11.6 Å². The highest BCUT2D eigenvalue weighted by molar-refractivity contribution is 7.09. The smallest absolute Gasteiger partial charge is 0.330 e. The van der Waals surface area contributed by atoms with Crippen molar-refractivity contribution in [2.75, 3.05) is 0 Å². The number of carbonyl (C=O) groups is 1. The molecule has 0 fully saturated rings. The molecular weight excluding hydrogens is 164 g/mol. The Morgan fingerprint density at radius 3 is 2.91 bits per heavy atom. The molecule has 0 saturated heterocycles. The van der Waals surface area contributed by atoms with Gasteiger partial charge in [-0.05, 0) is 6.92 Å². The van der Waals surface area contributed by atoms with Gasteiger partial charge in [-0.25, -0.2) is 9.78 Å². The van der Waals surface area contributed by atoms with Crippen molar-refractivity contribution in [2.45, 2.75) is 12.5 Å². The molecule has 1 aromatic heterocycles. The summed E-state index contributed by atoms with van der Waals surface area (Å²) in [5.41, 5.74) is 4.12. The number of nitrogens with two attached hydrogens (primary N) is 1. The van der Waals surface area contributed by atoms with Gasteiger partial charge in [-0.3, -0.25) is 0 Å². The van der Waals surface area contributed by atoms with Crippen molar-refractivity contribution in [2.24, 2.45) is 5.73 Å². The quantitative estimate of drug-likeness (QED) is 0.677. The molecule has 1 atom stereocenters. The van der Waals surface area contributed by atoms with Crippen molar-refractivity contribution in [3.8, 4) is 0 Å². The van der Waals surface area contributed by atoms with E-state index in [1.54, 1.807) is 5.38 Å². The minimum absolute atomic E-state index is 0.421. The van der Waals surface area contributed by atoms with E-state index in [1.165, 1.54) is 24.5 Å². The van der Waals surface area contributed by atoms with Gasteiger partial charge in [-0.15, -0.1) is 11.3 Å². The molecule has 0 unspecified atom stereocenters. The maximum absolute atomic E-state index is 10.6. The number of aromatic nitrogens is 1. The molecule has 0 aromatic carbocycles. The predicted molar refractivity (Wildman–Crippen MR) is 41.3 cm³/mol. The topological polar surface area (TPSA) is 76.2 Å². The zero-order valence-corrected chi connectivity index (χ0v) is 6.76.